The second kappa shape index (κ2) is 5.01. The molecule has 0 spiro atoms. The summed E-state index contributed by atoms with van der Waals surface area (Å²) in [6, 6.07) is 5.15. The first-order valence-electron chi connectivity index (χ1n) is 4.63. The summed E-state index contributed by atoms with van der Waals surface area (Å²) in [5.74, 6) is 0.431. The molecule has 1 N–H and O–H groups in total. The first kappa shape index (κ1) is 11.8. The van der Waals surface area contributed by atoms with E-state index in [9.17, 15) is 5.11 Å². The fourth-order valence-corrected chi connectivity index (χ4v) is 1.77. The van der Waals surface area contributed by atoms with Gasteiger partial charge >= 0.3 is 0 Å². The fraction of sp³-hybridized carbons (Fsp3) is 0.455. The Morgan fingerprint density at radius 3 is 2.50 bits per heavy atom. The van der Waals surface area contributed by atoms with Gasteiger partial charge in [0.1, 0.15) is 0 Å². The molecule has 14 heavy (non-hydrogen) atoms. The van der Waals surface area contributed by atoms with E-state index >= 15 is 0 Å². The smallest absolute Gasteiger partial charge is 0.0807 e. The highest BCUT2D eigenvalue weighted by Crippen LogP contribution is 2.29. The molecule has 0 fully saturated rings. The van der Waals surface area contributed by atoms with Crippen LogP contribution in [-0.2, 0) is 0 Å². The molecule has 0 amide bonds. The van der Waals surface area contributed by atoms with Crippen molar-refractivity contribution in [3.05, 3.63) is 33.8 Å². The monoisotopic (exact) mass is 232 g/mol. The normalized spacial score (nSPS) is 13.3. The summed E-state index contributed by atoms with van der Waals surface area (Å²) < 4.78 is 0. The van der Waals surface area contributed by atoms with E-state index in [1.165, 1.54) is 0 Å². The van der Waals surface area contributed by atoms with Gasteiger partial charge < -0.3 is 5.11 Å². The molecule has 0 aliphatic rings. The van der Waals surface area contributed by atoms with Crippen LogP contribution in [-0.4, -0.2) is 5.11 Å². The molecule has 1 unspecified atom stereocenters. The molecule has 1 aromatic carbocycles. The topological polar surface area (TPSA) is 20.2 Å². The van der Waals surface area contributed by atoms with Crippen LogP contribution in [0.5, 0.6) is 0 Å². The molecule has 1 aromatic rings. The van der Waals surface area contributed by atoms with Crippen molar-refractivity contribution < 1.29 is 5.11 Å². The van der Waals surface area contributed by atoms with Crippen molar-refractivity contribution in [2.24, 2.45) is 5.92 Å². The van der Waals surface area contributed by atoms with Gasteiger partial charge in [0, 0.05) is 15.6 Å². The van der Waals surface area contributed by atoms with E-state index in [-0.39, 0.29) is 0 Å². The minimum Gasteiger partial charge on any atom is -0.388 e. The summed E-state index contributed by atoms with van der Waals surface area (Å²) in [4.78, 5) is 0. The van der Waals surface area contributed by atoms with Crippen LogP contribution in [0.4, 0.5) is 0 Å². The quantitative estimate of drug-likeness (QED) is 0.834. The molecule has 0 heterocycles. The molecule has 1 nitrogen and oxygen atoms in total. The number of benzene rings is 1. The Morgan fingerprint density at radius 1 is 1.29 bits per heavy atom. The average molecular weight is 233 g/mol. The Morgan fingerprint density at radius 2 is 1.93 bits per heavy atom. The van der Waals surface area contributed by atoms with Gasteiger partial charge in [-0.3, -0.25) is 0 Å². The molecule has 0 aromatic heterocycles. The first-order chi connectivity index (χ1) is 6.50. The third-order valence-corrected chi connectivity index (χ3v) is 2.59. The molecule has 0 radical (unpaired) electrons. The Labute approximate surface area is 94.7 Å². The molecule has 0 bridgehead atoms. The number of hydrogen-bond donors (Lipinski definition) is 1. The largest absolute Gasteiger partial charge is 0.388 e. The second-order valence-corrected chi connectivity index (χ2v) is 4.65. The highest BCUT2D eigenvalue weighted by molar-refractivity contribution is 6.33. The standard InChI is InChI=1S/C11H14Cl2O/c1-7(2)5-11(14)9-6-8(12)3-4-10(9)13/h3-4,6-7,11,14H,5H2,1-2H3. The van der Waals surface area contributed by atoms with Gasteiger partial charge in [0.05, 0.1) is 6.10 Å². The minimum absolute atomic E-state index is 0.431. The van der Waals surface area contributed by atoms with Gasteiger partial charge in [-0.15, -0.1) is 0 Å². The van der Waals surface area contributed by atoms with Crippen LogP contribution in [0, 0.1) is 5.92 Å². The molecule has 1 rings (SSSR count). The van der Waals surface area contributed by atoms with Crippen molar-refractivity contribution in [2.45, 2.75) is 26.4 Å². The lowest BCUT2D eigenvalue weighted by Crippen LogP contribution is -2.02. The predicted octanol–water partition coefficient (Wildman–Crippen LogP) is 4.07. The summed E-state index contributed by atoms with van der Waals surface area (Å²) in [5, 5.41) is 11.0. The third kappa shape index (κ3) is 3.16. The molecule has 78 valence electrons. The number of halogens is 2. The number of rotatable bonds is 3. The number of aliphatic hydroxyl groups excluding tert-OH is 1. The summed E-state index contributed by atoms with van der Waals surface area (Å²) >= 11 is 11.8. The van der Waals surface area contributed by atoms with E-state index in [0.717, 1.165) is 0 Å². The summed E-state index contributed by atoms with van der Waals surface area (Å²) in [7, 11) is 0. The highest BCUT2D eigenvalue weighted by Gasteiger charge is 2.13. The first-order valence-corrected chi connectivity index (χ1v) is 5.39. The van der Waals surface area contributed by atoms with Crippen molar-refractivity contribution in [1.82, 2.24) is 0 Å². The Kier molecular flexibility index (Phi) is 4.24. The van der Waals surface area contributed by atoms with Crippen molar-refractivity contribution in [1.29, 1.82) is 0 Å². The Bertz CT molecular complexity index is 310. The Hall–Kier alpha value is -0.240. The molecule has 0 aliphatic carbocycles. The van der Waals surface area contributed by atoms with Gasteiger partial charge in [0.15, 0.2) is 0 Å². The second-order valence-electron chi connectivity index (χ2n) is 3.81. The lowest BCUT2D eigenvalue weighted by molar-refractivity contribution is 0.151. The van der Waals surface area contributed by atoms with Crippen molar-refractivity contribution in [3.63, 3.8) is 0 Å². The van der Waals surface area contributed by atoms with Gasteiger partial charge in [-0.25, -0.2) is 0 Å². The predicted molar refractivity (Wildman–Crippen MR) is 60.9 cm³/mol. The lowest BCUT2D eigenvalue weighted by Gasteiger charge is -2.14. The maximum Gasteiger partial charge on any atom is 0.0807 e. The molecule has 3 heteroatoms. The number of aliphatic hydroxyl groups is 1. The van der Waals surface area contributed by atoms with Crippen LogP contribution in [0.1, 0.15) is 31.9 Å². The fourth-order valence-electron chi connectivity index (χ4n) is 1.34. The van der Waals surface area contributed by atoms with Crippen LogP contribution in [0.25, 0.3) is 0 Å². The van der Waals surface area contributed by atoms with E-state index in [0.29, 0.717) is 27.9 Å². The zero-order valence-electron chi connectivity index (χ0n) is 8.30. The van der Waals surface area contributed by atoms with Gasteiger partial charge in [-0.2, -0.15) is 0 Å². The molecular formula is C11H14Cl2O. The highest BCUT2D eigenvalue weighted by atomic mass is 35.5. The zero-order valence-corrected chi connectivity index (χ0v) is 9.81. The minimum atomic E-state index is -0.527. The van der Waals surface area contributed by atoms with Crippen molar-refractivity contribution in [3.8, 4) is 0 Å². The van der Waals surface area contributed by atoms with Gasteiger partial charge in [-0.1, -0.05) is 37.0 Å². The van der Waals surface area contributed by atoms with Gasteiger partial charge in [0.25, 0.3) is 0 Å². The van der Waals surface area contributed by atoms with Gasteiger partial charge in [-0.05, 0) is 30.5 Å². The molecular weight excluding hydrogens is 219 g/mol. The van der Waals surface area contributed by atoms with E-state index in [1.54, 1.807) is 18.2 Å². The van der Waals surface area contributed by atoms with Crippen LogP contribution in [0.2, 0.25) is 10.0 Å². The number of hydrogen-bond acceptors (Lipinski definition) is 1. The third-order valence-electron chi connectivity index (χ3n) is 2.01. The zero-order chi connectivity index (χ0) is 10.7. The van der Waals surface area contributed by atoms with Gasteiger partial charge in [0.2, 0.25) is 0 Å². The maximum absolute atomic E-state index is 9.85. The van der Waals surface area contributed by atoms with Crippen LogP contribution in [0.3, 0.4) is 0 Å². The summed E-state index contributed by atoms with van der Waals surface area (Å²) in [6.45, 7) is 4.11. The molecule has 1 atom stereocenters. The van der Waals surface area contributed by atoms with Crippen LogP contribution >= 0.6 is 23.2 Å². The van der Waals surface area contributed by atoms with Crippen molar-refractivity contribution >= 4 is 23.2 Å². The average Bonchev–Trinajstić information content (AvgIpc) is 2.08. The maximum atomic E-state index is 9.85. The SMILES string of the molecule is CC(C)CC(O)c1cc(Cl)ccc1Cl. The van der Waals surface area contributed by atoms with Crippen molar-refractivity contribution in [2.75, 3.05) is 0 Å². The Balaban J connectivity index is 2.88. The van der Waals surface area contributed by atoms with E-state index in [4.69, 9.17) is 23.2 Å². The van der Waals surface area contributed by atoms with E-state index in [1.807, 2.05) is 0 Å². The van der Waals surface area contributed by atoms with Crippen LogP contribution in [0.15, 0.2) is 18.2 Å². The molecule has 0 aliphatic heterocycles. The summed E-state index contributed by atoms with van der Waals surface area (Å²) in [5.41, 5.74) is 0.716. The molecule has 0 saturated heterocycles. The lowest BCUT2D eigenvalue weighted by atomic mass is 10.00. The van der Waals surface area contributed by atoms with E-state index in [2.05, 4.69) is 13.8 Å². The van der Waals surface area contributed by atoms with E-state index < -0.39 is 6.10 Å². The van der Waals surface area contributed by atoms with Crippen LogP contribution < -0.4 is 0 Å². The summed E-state index contributed by atoms with van der Waals surface area (Å²) in [6.07, 6.45) is 0.168. The molecule has 0 saturated carbocycles.